The second-order valence-corrected chi connectivity index (χ2v) is 37.1. The summed E-state index contributed by atoms with van der Waals surface area (Å²) in [5.74, 6) is 9.02. The van der Waals surface area contributed by atoms with Crippen LogP contribution in [0.5, 0.6) is 17.2 Å². The summed E-state index contributed by atoms with van der Waals surface area (Å²) in [6.07, 6.45) is -17.5. The van der Waals surface area contributed by atoms with Crippen molar-refractivity contribution < 1.29 is 150 Å². The van der Waals surface area contributed by atoms with Gasteiger partial charge in [0.1, 0.15) is 55.8 Å². The van der Waals surface area contributed by atoms with Crippen molar-refractivity contribution in [3.63, 3.8) is 0 Å². The quantitative estimate of drug-likeness (QED) is 0.0149. The van der Waals surface area contributed by atoms with Gasteiger partial charge in [0.25, 0.3) is 0 Å². The maximum absolute atomic E-state index is 14.7. The molecule has 0 radical (unpaired) electrons. The van der Waals surface area contributed by atoms with E-state index in [9.17, 15) is 63.9 Å². The highest BCUT2D eigenvalue weighted by Crippen LogP contribution is 2.50. The summed E-state index contributed by atoms with van der Waals surface area (Å²) >= 11 is 2.75. The lowest BCUT2D eigenvalue weighted by molar-refractivity contribution is -0.337. The highest BCUT2D eigenvalue weighted by Gasteiger charge is 2.53. The maximum atomic E-state index is 14.7. The molecular weight excluding hydrogens is 1860 g/mol. The average Bonchev–Trinajstić information content (AvgIpc) is 0.754. The smallest absolute Gasteiger partial charge is 0.411 e. The molecule has 0 aromatic heterocycles. The molecule has 129 heavy (non-hydrogen) atoms. The van der Waals surface area contributed by atoms with Crippen LogP contribution in [0.1, 0.15) is 116 Å². The zero-order valence-electron chi connectivity index (χ0n) is 74.9. The van der Waals surface area contributed by atoms with Crippen molar-refractivity contribution in [3.8, 4) is 40.9 Å². The molecule has 2 bridgehead atoms. The predicted octanol–water partition coefficient (Wildman–Crippen LogP) is 3.23. The molecule has 2 aliphatic carbocycles. The molecule has 0 spiro atoms. The van der Waals surface area contributed by atoms with Gasteiger partial charge in [0.15, 0.2) is 41.8 Å². The third-order valence-corrected chi connectivity index (χ3v) is 27.6. The number of ketones is 1. The molecule has 21 atom stereocenters. The molecule has 8 rings (SSSR count). The summed E-state index contributed by atoms with van der Waals surface area (Å²) in [5, 5.41) is 80.2. The van der Waals surface area contributed by atoms with Crippen molar-refractivity contribution in [1.29, 1.82) is 0 Å². The third kappa shape index (κ3) is 30.0. The minimum Gasteiger partial charge on any atom is -0.492 e. The van der Waals surface area contributed by atoms with Crippen LogP contribution in [0.4, 0.5) is 15.3 Å². The van der Waals surface area contributed by atoms with Crippen LogP contribution >= 0.6 is 55.9 Å². The summed E-state index contributed by atoms with van der Waals surface area (Å²) in [6.45, 7) is 18.3. The van der Waals surface area contributed by atoms with E-state index in [1.165, 1.54) is 74.0 Å². The number of carbonyl (C=O) groups excluding carboxylic acids is 8. The molecule has 4 heterocycles. The number of benzene rings is 2. The lowest BCUT2D eigenvalue weighted by atomic mass is 9.75. The van der Waals surface area contributed by atoms with Crippen LogP contribution in [0, 0.1) is 40.1 Å². The average molecular weight is 1990 g/mol. The number of carbonyl (C=O) groups is 8. The largest absolute Gasteiger partial charge is 0.492 e. The van der Waals surface area contributed by atoms with Gasteiger partial charge in [-0.25, -0.2) is 9.59 Å². The Balaban J connectivity index is 1.00. The molecule has 17 unspecified atom stereocenters. The number of thioether (sulfide) groups is 1. The number of likely N-dealkylation sites (N-methyl/N-ethyl adjacent to an activating group) is 1. The standard InChI is InChI=1S/C86H123IN8O31S3/c1-16-95(60(100)42-90-83(107)119-43-51-22-24-52(25-23-51)92-78(104)47(5)91-79(105)66(88)45(2)3)54-44-118-61(40-58(54)110-11)124-75-70(102)67(94-126-62-39-55(97)77(50(8)120-62)128-80(106)63-46(4)65(87)73(76(113-14)72(63)111-12)125-81-71(103)74(112-13)69(101)49(7)122-81)48(6)121-82(75)123-57-21-19-17-18-20-28-86(109)41-56(98)68(93-84(108)114-15)64(57)53(86)27-38-127-129-85(9,10)29-26-59(99)89-30-32-115-34-36-117-37-35-116-33-31-96/h17-18,22-25,27,45,47-50,54-55,57-58,61-62,66-67,69-71,74-75,77,81-82,94,96-97,101-103,109H,16,26,29-44,88H2,1-15H3,(H,89,99)(H,90,107)(H,91,105)(H,92,104)(H,93,108)/b18-17-,53-27+/t47-,48?,49?,50?,54?,55?,57-,58?,61?,62?,66-,67?,69?,70?,71?,74?,75?,77?,81?,82?,86-/m0/s1. The number of hydroxylamine groups is 1. The molecule has 4 fully saturated rings. The van der Waals surface area contributed by atoms with Gasteiger partial charge in [-0.05, 0) is 126 Å². The number of rotatable bonds is 45. The number of hydrogen-bond acceptors (Lipinski definition) is 36. The molecule has 2 aromatic rings. The number of halogens is 1. The van der Waals surface area contributed by atoms with Gasteiger partial charge < -0.3 is 138 Å². The highest BCUT2D eigenvalue weighted by atomic mass is 127. The zero-order chi connectivity index (χ0) is 94.6. The van der Waals surface area contributed by atoms with Gasteiger partial charge >= 0.3 is 12.2 Å². The Morgan fingerprint density at radius 1 is 0.783 bits per heavy atom. The molecule has 43 heteroatoms. The first-order valence-electron chi connectivity index (χ1n) is 42.2. The van der Waals surface area contributed by atoms with E-state index in [1.54, 1.807) is 78.8 Å². The number of nitrogens with two attached hydrogens (primary N) is 1. The summed E-state index contributed by atoms with van der Waals surface area (Å²) < 4.78 is 94.9. The minimum atomic E-state index is -2.26. The number of fused-ring (bicyclic) bond motifs is 2. The van der Waals surface area contributed by atoms with Gasteiger partial charge in [-0.2, -0.15) is 5.48 Å². The van der Waals surface area contributed by atoms with Gasteiger partial charge in [0.05, 0.1) is 149 Å². The van der Waals surface area contributed by atoms with Crippen molar-refractivity contribution in [2.75, 3.05) is 119 Å². The third-order valence-electron chi connectivity index (χ3n) is 21.8. The number of aliphatic hydroxyl groups is 6. The van der Waals surface area contributed by atoms with E-state index in [4.69, 9.17) is 91.5 Å². The molecule has 39 nitrogen and oxygen atoms in total. The molecule has 4 saturated heterocycles. The first-order valence-corrected chi connectivity index (χ1v) is 46.5. The van der Waals surface area contributed by atoms with Crippen LogP contribution < -0.4 is 52.0 Å². The van der Waals surface area contributed by atoms with Crippen LogP contribution in [-0.4, -0.2) is 328 Å². The lowest BCUT2D eigenvalue weighted by Gasteiger charge is -2.47. The highest BCUT2D eigenvalue weighted by molar-refractivity contribution is 14.1. The van der Waals surface area contributed by atoms with Gasteiger partial charge in [-0.1, -0.05) is 89.1 Å². The normalized spacial score (nSPS) is 27.9. The topological polar surface area (TPSA) is 516 Å². The second kappa shape index (κ2) is 52.0. The van der Waals surface area contributed by atoms with Crippen molar-refractivity contribution in [2.45, 2.75) is 240 Å². The molecule has 4 aliphatic heterocycles. The Hall–Kier alpha value is -7.08. The van der Waals surface area contributed by atoms with Gasteiger partial charge in [-0.15, -0.1) is 0 Å². The van der Waals surface area contributed by atoms with E-state index < -0.39 is 186 Å². The summed E-state index contributed by atoms with van der Waals surface area (Å²) in [6, 6.07) is 2.63. The molecule has 6 amide bonds. The zero-order valence-corrected chi connectivity index (χ0v) is 79.5. The molecule has 14 N–H and O–H groups in total. The lowest BCUT2D eigenvalue weighted by Crippen LogP contribution is -2.65. The van der Waals surface area contributed by atoms with Crippen LogP contribution in [0.3, 0.4) is 0 Å². The van der Waals surface area contributed by atoms with E-state index in [0.717, 1.165) is 18.9 Å². The summed E-state index contributed by atoms with van der Waals surface area (Å²) in [4.78, 5) is 116. The first kappa shape index (κ1) is 107. The Morgan fingerprint density at radius 2 is 1.47 bits per heavy atom. The molecule has 6 aliphatic rings. The molecular formula is C86H123IN8O31S3. The number of nitrogens with one attached hydrogen (secondary N) is 6. The number of anilines is 1. The van der Waals surface area contributed by atoms with E-state index in [-0.39, 0.29) is 123 Å². The first-order chi connectivity index (χ1) is 61.5. The second-order valence-electron chi connectivity index (χ2n) is 31.8. The number of aliphatic hydroxyl groups excluding tert-OH is 5. The van der Waals surface area contributed by atoms with Crippen molar-refractivity contribution in [1.82, 2.24) is 31.6 Å². The Labute approximate surface area is 776 Å². The fourth-order valence-corrected chi connectivity index (χ4v) is 18.7. The molecule has 718 valence electrons. The number of methoxy groups -OCH3 is 5. The number of amides is 6. The fraction of sp³-hybridized carbons (Fsp3) is 0.651. The van der Waals surface area contributed by atoms with Crippen LogP contribution in [0.2, 0.25) is 0 Å². The molecule has 0 saturated carbocycles. The van der Waals surface area contributed by atoms with Gasteiger partial charge in [-0.3, -0.25) is 38.9 Å². The number of alkyl carbamates (subject to hydrolysis) is 2. The number of nitrogens with zero attached hydrogens (tertiary/aromatic N) is 1. The van der Waals surface area contributed by atoms with E-state index in [2.05, 4.69) is 55.7 Å². The van der Waals surface area contributed by atoms with Crippen LogP contribution in [-0.2, 0) is 97.0 Å². The SMILES string of the molecule is CCN(C(=O)CNC(=O)OCc1ccc(NC(=O)[C@H](C)NC(=O)[C@@H](N)C(C)C)cc1)C1COC(OC2C(O[C@H]3C#C/C=C\C#C[C@]4(O)CC(=O)C(NC(=O)OC)=C3/C4=C\CSSC(C)(C)CCC(=O)NCCOCCOCCOCCO)OC(C)C(NOC3CC(O)C(SC(=O)c4c(C)c(I)c(OC5OC(C)C(O)C(OC)C5O)c(OC)c4OC)C(C)O3)C2O)CC1OC. The Morgan fingerprint density at radius 3 is 2.12 bits per heavy atom. The summed E-state index contributed by atoms with van der Waals surface area (Å²) in [7, 11) is 9.31. The van der Waals surface area contributed by atoms with E-state index in [0.29, 0.717) is 53.2 Å². The predicted molar refractivity (Wildman–Crippen MR) is 479 cm³/mol. The summed E-state index contributed by atoms with van der Waals surface area (Å²) in [5.41, 5.74) is 7.43. The van der Waals surface area contributed by atoms with Crippen molar-refractivity contribution in [3.05, 3.63) is 79.6 Å². The molecule has 2 aromatic carbocycles. The number of hydrogen-bond donors (Lipinski definition) is 13. The van der Waals surface area contributed by atoms with Crippen LogP contribution in [0.25, 0.3) is 0 Å². The monoisotopic (exact) mass is 1990 g/mol. The Kier molecular flexibility index (Phi) is 43.2. The number of allylic oxidation sites excluding steroid dienone is 3. The van der Waals surface area contributed by atoms with Gasteiger partial charge in [0, 0.05) is 73.9 Å². The van der Waals surface area contributed by atoms with Crippen molar-refractivity contribution in [2.24, 2.45) is 11.7 Å². The minimum absolute atomic E-state index is 0.00383. The number of Topliss-reactive ketones (excluding diaryl/α,β-unsaturated/α-hetero) is 1. The fourth-order valence-electron chi connectivity index (χ4n) is 14.5. The van der Waals surface area contributed by atoms with Gasteiger partial charge in [0.2, 0.25) is 40.8 Å². The Bertz CT molecular complexity index is 4330. The number of ether oxygens (including phenoxy) is 16. The van der Waals surface area contributed by atoms with Crippen molar-refractivity contribution >= 4 is 108 Å². The maximum Gasteiger partial charge on any atom is 0.411 e. The van der Waals surface area contributed by atoms with E-state index >= 15 is 0 Å². The van der Waals surface area contributed by atoms with Crippen LogP contribution in [0.15, 0.2) is 59.3 Å². The van der Waals surface area contributed by atoms with E-state index in [1.807, 2.05) is 36.4 Å².